The Kier molecular flexibility index (Phi) is 4.71. The first-order valence-corrected chi connectivity index (χ1v) is 7.76. The summed E-state index contributed by atoms with van der Waals surface area (Å²) in [6.45, 7) is 6.74. The molecule has 1 unspecified atom stereocenters. The zero-order chi connectivity index (χ0) is 14.0. The largest absolute Gasteiger partial charge is 0.306 e. The fraction of sp³-hybridized carbons (Fsp3) is 0.357. The van der Waals surface area contributed by atoms with Gasteiger partial charge in [0.05, 0.1) is 16.7 Å². The second kappa shape index (κ2) is 6.11. The van der Waals surface area contributed by atoms with Crippen molar-refractivity contribution in [1.82, 2.24) is 10.3 Å². The van der Waals surface area contributed by atoms with Crippen molar-refractivity contribution in [3.63, 3.8) is 0 Å². The molecule has 0 aliphatic rings. The van der Waals surface area contributed by atoms with Gasteiger partial charge in [-0.3, -0.25) is 0 Å². The third-order valence-corrected chi connectivity index (χ3v) is 4.51. The van der Waals surface area contributed by atoms with Gasteiger partial charge in [0.1, 0.15) is 5.82 Å². The summed E-state index contributed by atoms with van der Waals surface area (Å²) in [6, 6.07) is 4.89. The van der Waals surface area contributed by atoms with Crippen LogP contribution in [0.25, 0.3) is 0 Å². The Morgan fingerprint density at radius 2 is 2.16 bits per heavy atom. The maximum Gasteiger partial charge on any atom is 0.128 e. The molecule has 1 N–H and O–H groups in total. The maximum atomic E-state index is 14.1. The van der Waals surface area contributed by atoms with Gasteiger partial charge in [0.2, 0.25) is 0 Å². The number of rotatable bonds is 4. The summed E-state index contributed by atoms with van der Waals surface area (Å²) in [4.78, 5) is 5.52. The molecule has 0 radical (unpaired) electrons. The summed E-state index contributed by atoms with van der Waals surface area (Å²) in [5.41, 5.74) is 1.62. The molecule has 0 saturated heterocycles. The van der Waals surface area contributed by atoms with Crippen molar-refractivity contribution in [3.05, 3.63) is 49.6 Å². The number of benzene rings is 1. The van der Waals surface area contributed by atoms with Crippen LogP contribution < -0.4 is 5.32 Å². The molecular formula is C14H16BrFN2S. The fourth-order valence-electron chi connectivity index (χ4n) is 2.10. The molecule has 0 aliphatic carbocycles. The van der Waals surface area contributed by atoms with Gasteiger partial charge in [-0.05, 0) is 38.6 Å². The van der Waals surface area contributed by atoms with E-state index in [4.69, 9.17) is 0 Å². The minimum absolute atomic E-state index is 0.145. The number of hydrogen-bond donors (Lipinski definition) is 1. The van der Waals surface area contributed by atoms with Crippen LogP contribution in [0, 0.1) is 19.7 Å². The zero-order valence-electron chi connectivity index (χ0n) is 11.1. The van der Waals surface area contributed by atoms with Crippen LogP contribution in [0.2, 0.25) is 0 Å². The van der Waals surface area contributed by atoms with Crippen molar-refractivity contribution in [2.24, 2.45) is 0 Å². The highest BCUT2D eigenvalue weighted by molar-refractivity contribution is 9.10. The highest BCUT2D eigenvalue weighted by atomic mass is 79.9. The minimum atomic E-state index is -0.195. The van der Waals surface area contributed by atoms with E-state index in [0.29, 0.717) is 5.56 Å². The average molecular weight is 343 g/mol. The Morgan fingerprint density at radius 1 is 1.42 bits per heavy atom. The van der Waals surface area contributed by atoms with E-state index in [0.717, 1.165) is 26.6 Å². The van der Waals surface area contributed by atoms with Crippen LogP contribution >= 0.6 is 27.3 Å². The van der Waals surface area contributed by atoms with Crippen molar-refractivity contribution in [3.8, 4) is 0 Å². The molecule has 1 aromatic heterocycles. The van der Waals surface area contributed by atoms with Crippen molar-refractivity contribution in [1.29, 1.82) is 0 Å². The van der Waals surface area contributed by atoms with Gasteiger partial charge in [0, 0.05) is 14.9 Å². The Hall–Kier alpha value is -0.780. The average Bonchev–Trinajstić information content (AvgIpc) is 2.69. The van der Waals surface area contributed by atoms with Crippen LogP contribution in [0.15, 0.2) is 22.7 Å². The van der Waals surface area contributed by atoms with Crippen molar-refractivity contribution in [2.45, 2.75) is 26.8 Å². The normalized spacial score (nSPS) is 12.7. The number of aryl methyl sites for hydroxylation is 2. The van der Waals surface area contributed by atoms with Gasteiger partial charge in [-0.25, -0.2) is 9.37 Å². The lowest BCUT2D eigenvalue weighted by Crippen LogP contribution is -2.22. The summed E-state index contributed by atoms with van der Waals surface area (Å²) in [7, 11) is 0. The molecule has 1 heterocycles. The van der Waals surface area contributed by atoms with E-state index in [-0.39, 0.29) is 11.9 Å². The molecule has 2 rings (SSSR count). The Bertz CT molecular complexity index is 583. The lowest BCUT2D eigenvalue weighted by atomic mass is 10.0. The monoisotopic (exact) mass is 342 g/mol. The topological polar surface area (TPSA) is 24.9 Å². The minimum Gasteiger partial charge on any atom is -0.306 e. The van der Waals surface area contributed by atoms with E-state index in [9.17, 15) is 4.39 Å². The lowest BCUT2D eigenvalue weighted by molar-refractivity contribution is 0.561. The quantitative estimate of drug-likeness (QED) is 0.892. The predicted octanol–water partition coefficient (Wildman–Crippen LogP) is 4.36. The summed E-state index contributed by atoms with van der Waals surface area (Å²) in [5.74, 6) is -0.195. The van der Waals surface area contributed by atoms with Crippen LogP contribution in [0.1, 0.15) is 34.1 Å². The number of nitrogens with zero attached hydrogens (tertiary/aromatic N) is 1. The maximum absolute atomic E-state index is 14.1. The van der Waals surface area contributed by atoms with Crippen molar-refractivity contribution in [2.75, 3.05) is 6.54 Å². The first kappa shape index (κ1) is 14.6. The first-order chi connectivity index (χ1) is 9.02. The molecule has 0 spiro atoms. The van der Waals surface area contributed by atoms with Crippen molar-refractivity contribution < 1.29 is 4.39 Å². The van der Waals surface area contributed by atoms with E-state index in [1.165, 1.54) is 6.07 Å². The van der Waals surface area contributed by atoms with Crippen molar-refractivity contribution >= 4 is 27.3 Å². The summed E-state index contributed by atoms with van der Waals surface area (Å²) < 4.78 is 15.0. The first-order valence-electron chi connectivity index (χ1n) is 6.15. The molecule has 0 aliphatic heterocycles. The molecule has 0 fully saturated rings. The van der Waals surface area contributed by atoms with Crippen LogP contribution in [-0.4, -0.2) is 11.5 Å². The molecule has 5 heteroatoms. The lowest BCUT2D eigenvalue weighted by Gasteiger charge is -2.18. The van der Waals surface area contributed by atoms with Crippen LogP contribution in [0.5, 0.6) is 0 Å². The number of halogens is 2. The molecule has 102 valence electrons. The van der Waals surface area contributed by atoms with E-state index in [1.54, 1.807) is 17.4 Å². The molecule has 0 bridgehead atoms. The van der Waals surface area contributed by atoms with Crippen LogP contribution in [-0.2, 0) is 0 Å². The van der Waals surface area contributed by atoms with Gasteiger partial charge in [0.15, 0.2) is 0 Å². The molecular weight excluding hydrogens is 327 g/mol. The summed E-state index contributed by atoms with van der Waals surface area (Å²) in [5, 5.41) is 4.35. The smallest absolute Gasteiger partial charge is 0.128 e. The second-order valence-corrected chi connectivity index (χ2v) is 6.49. The van der Waals surface area contributed by atoms with E-state index in [2.05, 4.69) is 26.2 Å². The molecule has 2 nitrogen and oxygen atoms in total. The summed E-state index contributed by atoms with van der Waals surface area (Å²) >= 11 is 5.02. The summed E-state index contributed by atoms with van der Waals surface area (Å²) in [6.07, 6.45) is 0. The number of hydrogen-bond acceptors (Lipinski definition) is 3. The Morgan fingerprint density at radius 3 is 2.74 bits per heavy atom. The Labute approximate surface area is 125 Å². The van der Waals surface area contributed by atoms with Gasteiger partial charge in [-0.15, -0.1) is 11.3 Å². The number of thiazole rings is 1. The van der Waals surface area contributed by atoms with E-state index >= 15 is 0 Å². The number of aromatic nitrogens is 1. The molecule has 2 aromatic rings. The highest BCUT2D eigenvalue weighted by Gasteiger charge is 2.21. The number of nitrogens with one attached hydrogen (secondary N) is 1. The standard InChI is InChI=1S/C14H16BrFN2S/c1-4-17-13(14-8(2)18-9(3)19-14)11-7-10(15)5-6-12(11)16/h5-7,13,17H,4H2,1-3H3. The van der Waals surface area contributed by atoms with E-state index in [1.807, 2.05) is 26.8 Å². The molecule has 1 aromatic carbocycles. The van der Waals surface area contributed by atoms with Gasteiger partial charge in [0.25, 0.3) is 0 Å². The van der Waals surface area contributed by atoms with E-state index < -0.39 is 0 Å². The molecule has 19 heavy (non-hydrogen) atoms. The fourth-order valence-corrected chi connectivity index (χ4v) is 3.50. The predicted molar refractivity (Wildman–Crippen MR) is 81.2 cm³/mol. The molecule has 1 atom stereocenters. The zero-order valence-corrected chi connectivity index (χ0v) is 13.5. The third kappa shape index (κ3) is 3.22. The van der Waals surface area contributed by atoms with Gasteiger partial charge in [-0.2, -0.15) is 0 Å². The van der Waals surface area contributed by atoms with Crippen LogP contribution in [0.4, 0.5) is 4.39 Å². The van der Waals surface area contributed by atoms with Crippen LogP contribution in [0.3, 0.4) is 0 Å². The second-order valence-electron chi connectivity index (χ2n) is 4.34. The van der Waals surface area contributed by atoms with Gasteiger partial charge in [-0.1, -0.05) is 22.9 Å². The highest BCUT2D eigenvalue weighted by Crippen LogP contribution is 2.32. The molecule has 0 saturated carbocycles. The third-order valence-electron chi connectivity index (χ3n) is 2.88. The van der Waals surface area contributed by atoms with Gasteiger partial charge < -0.3 is 5.32 Å². The van der Waals surface area contributed by atoms with Gasteiger partial charge >= 0.3 is 0 Å². The SMILES string of the molecule is CCNC(c1cc(Br)ccc1F)c1sc(C)nc1C. The molecule has 0 amide bonds. The Balaban J connectivity index is 2.51.